The minimum Gasteiger partial charge on any atom is -0.396 e. The van der Waals surface area contributed by atoms with Crippen molar-refractivity contribution in [3.8, 4) is 0 Å². The van der Waals surface area contributed by atoms with Crippen LogP contribution >= 0.6 is 0 Å². The predicted octanol–water partition coefficient (Wildman–Crippen LogP) is 3.35. The third-order valence-electron chi connectivity index (χ3n) is 3.76. The van der Waals surface area contributed by atoms with Gasteiger partial charge in [-0.25, -0.2) is 4.79 Å². The summed E-state index contributed by atoms with van der Waals surface area (Å²) in [6.45, 7) is 14.0. The first-order valence-corrected chi connectivity index (χ1v) is 7.65. The first-order valence-electron chi connectivity index (χ1n) is 7.65. The molecule has 20 heavy (non-hydrogen) atoms. The number of carbonyl (C=O) groups excluding carboxylic acids is 1. The molecule has 0 bridgehead atoms. The molecule has 1 rings (SSSR count). The normalized spacial score (nSPS) is 17.2. The van der Waals surface area contributed by atoms with Gasteiger partial charge in [-0.1, -0.05) is 33.4 Å². The number of unbranched alkanes of at least 4 members (excludes halogenated alkanes) is 1. The Morgan fingerprint density at radius 2 is 1.55 bits per heavy atom. The van der Waals surface area contributed by atoms with Crippen LogP contribution in [0.2, 0.25) is 0 Å². The van der Waals surface area contributed by atoms with Crippen molar-refractivity contribution >= 4 is 6.03 Å². The lowest BCUT2D eigenvalue weighted by Crippen LogP contribution is -2.50. The fourth-order valence-corrected chi connectivity index (χ4v) is 2.68. The molecule has 0 spiro atoms. The molecule has 0 aromatic carbocycles. The van der Waals surface area contributed by atoms with E-state index in [0.29, 0.717) is 13.1 Å². The van der Waals surface area contributed by atoms with Crippen molar-refractivity contribution in [3.63, 3.8) is 0 Å². The molecular formula is C16H28N2O2. The minimum absolute atomic E-state index is 0.0158. The van der Waals surface area contributed by atoms with Gasteiger partial charge in [-0.05, 0) is 25.7 Å². The van der Waals surface area contributed by atoms with Crippen LogP contribution in [0, 0.1) is 5.92 Å². The number of urea groups is 1. The maximum Gasteiger partial charge on any atom is 0.328 e. The zero-order chi connectivity index (χ0) is 15.1. The molecule has 4 nitrogen and oxygen atoms in total. The summed E-state index contributed by atoms with van der Waals surface area (Å²) >= 11 is 0. The molecule has 0 aliphatic carbocycles. The van der Waals surface area contributed by atoms with Crippen LogP contribution in [0.3, 0.4) is 0 Å². The molecule has 0 atom stereocenters. The maximum absolute atomic E-state index is 12.5. The molecule has 1 aliphatic heterocycles. The molecular weight excluding hydrogens is 252 g/mol. The summed E-state index contributed by atoms with van der Waals surface area (Å²) in [5.74, 6) is 0.123. The van der Waals surface area contributed by atoms with Crippen molar-refractivity contribution in [2.45, 2.75) is 46.0 Å². The highest BCUT2D eigenvalue weighted by molar-refractivity contribution is 5.80. The highest BCUT2D eigenvalue weighted by Gasteiger charge is 2.36. The first-order chi connectivity index (χ1) is 9.58. The van der Waals surface area contributed by atoms with Gasteiger partial charge in [0.15, 0.2) is 0 Å². The van der Waals surface area contributed by atoms with E-state index in [1.165, 1.54) is 0 Å². The zero-order valence-corrected chi connectivity index (χ0v) is 12.9. The van der Waals surface area contributed by atoms with E-state index in [2.05, 4.69) is 27.0 Å². The second-order valence-electron chi connectivity index (χ2n) is 5.34. The van der Waals surface area contributed by atoms with E-state index in [9.17, 15) is 4.79 Å². The zero-order valence-electron chi connectivity index (χ0n) is 12.9. The topological polar surface area (TPSA) is 43.8 Å². The van der Waals surface area contributed by atoms with Crippen LogP contribution in [0.1, 0.15) is 46.0 Å². The quantitative estimate of drug-likeness (QED) is 0.693. The Morgan fingerprint density at radius 1 is 1.05 bits per heavy atom. The first kappa shape index (κ1) is 16.8. The second kappa shape index (κ2) is 8.10. The summed E-state index contributed by atoms with van der Waals surface area (Å²) < 4.78 is 0. The van der Waals surface area contributed by atoms with E-state index in [0.717, 1.165) is 43.5 Å². The third-order valence-corrected chi connectivity index (χ3v) is 3.76. The van der Waals surface area contributed by atoms with Crippen molar-refractivity contribution in [2.75, 3.05) is 19.7 Å². The van der Waals surface area contributed by atoms with Crippen LogP contribution in [0.5, 0.6) is 0 Å². The smallest absolute Gasteiger partial charge is 0.328 e. The number of rotatable bonds is 8. The van der Waals surface area contributed by atoms with Crippen LogP contribution in [-0.2, 0) is 0 Å². The van der Waals surface area contributed by atoms with E-state index >= 15 is 0 Å². The van der Waals surface area contributed by atoms with Gasteiger partial charge in [0.25, 0.3) is 0 Å². The van der Waals surface area contributed by atoms with Crippen LogP contribution in [0.4, 0.5) is 4.79 Å². The molecule has 0 saturated carbocycles. The average molecular weight is 280 g/mol. The van der Waals surface area contributed by atoms with Crippen molar-refractivity contribution in [3.05, 3.63) is 24.6 Å². The number of amides is 2. The van der Waals surface area contributed by atoms with E-state index in [1.807, 2.05) is 0 Å². The Labute approximate surface area is 122 Å². The number of hydrogen-bond donors (Lipinski definition) is 1. The van der Waals surface area contributed by atoms with Gasteiger partial charge >= 0.3 is 6.03 Å². The fraction of sp³-hybridized carbons (Fsp3) is 0.688. The van der Waals surface area contributed by atoms with Crippen molar-refractivity contribution in [1.82, 2.24) is 9.80 Å². The summed E-state index contributed by atoms with van der Waals surface area (Å²) in [4.78, 5) is 16.1. The minimum atomic E-state index is 0.0158. The molecule has 2 amide bonds. The average Bonchev–Trinajstić information content (AvgIpc) is 2.43. The summed E-state index contributed by atoms with van der Waals surface area (Å²) in [6.07, 6.45) is 4.44. The number of carbonyl (C=O) groups is 1. The number of nitrogens with zero attached hydrogens (tertiary/aromatic N) is 2. The van der Waals surface area contributed by atoms with Crippen molar-refractivity contribution < 1.29 is 9.90 Å². The lowest BCUT2D eigenvalue weighted by atomic mass is 9.92. The monoisotopic (exact) mass is 280 g/mol. The molecule has 0 aromatic heterocycles. The number of aliphatic hydroxyl groups excluding tert-OH is 1. The fourth-order valence-electron chi connectivity index (χ4n) is 2.68. The molecule has 1 N–H and O–H groups in total. The Morgan fingerprint density at radius 3 is 1.95 bits per heavy atom. The molecule has 1 heterocycles. The van der Waals surface area contributed by atoms with E-state index in [-0.39, 0.29) is 18.6 Å². The second-order valence-corrected chi connectivity index (χ2v) is 5.34. The molecule has 1 saturated heterocycles. The Balaban J connectivity index is 2.88. The van der Waals surface area contributed by atoms with Gasteiger partial charge in [0, 0.05) is 37.0 Å². The molecule has 1 aliphatic rings. The van der Waals surface area contributed by atoms with Crippen LogP contribution in [-0.4, -0.2) is 40.6 Å². The predicted molar refractivity (Wildman–Crippen MR) is 82.1 cm³/mol. The highest BCUT2D eigenvalue weighted by atomic mass is 16.3. The SMILES string of the molecule is C=C1C(CCCCO)C(=C)N(CCC)C(=O)N1CCC. The van der Waals surface area contributed by atoms with Gasteiger partial charge < -0.3 is 5.11 Å². The summed E-state index contributed by atoms with van der Waals surface area (Å²) in [7, 11) is 0. The van der Waals surface area contributed by atoms with Crippen LogP contribution in [0.25, 0.3) is 0 Å². The van der Waals surface area contributed by atoms with Gasteiger partial charge in [-0.15, -0.1) is 0 Å². The summed E-state index contributed by atoms with van der Waals surface area (Å²) in [5.41, 5.74) is 1.74. The summed E-state index contributed by atoms with van der Waals surface area (Å²) in [5, 5.41) is 8.92. The van der Waals surface area contributed by atoms with Crippen molar-refractivity contribution in [2.24, 2.45) is 5.92 Å². The van der Waals surface area contributed by atoms with Gasteiger partial charge in [-0.3, -0.25) is 9.80 Å². The Bertz CT molecular complexity index is 337. The Hall–Kier alpha value is -1.29. The molecule has 0 radical (unpaired) electrons. The Kier molecular flexibility index (Phi) is 6.79. The van der Waals surface area contributed by atoms with Gasteiger partial charge in [0.05, 0.1) is 0 Å². The number of aliphatic hydroxyl groups is 1. The molecule has 114 valence electrons. The number of hydrogen-bond acceptors (Lipinski definition) is 2. The lowest BCUT2D eigenvalue weighted by Gasteiger charge is -2.43. The molecule has 0 aromatic rings. The van der Waals surface area contributed by atoms with Crippen molar-refractivity contribution in [1.29, 1.82) is 0 Å². The maximum atomic E-state index is 12.5. The van der Waals surface area contributed by atoms with Gasteiger partial charge in [0.1, 0.15) is 0 Å². The van der Waals surface area contributed by atoms with E-state index in [4.69, 9.17) is 5.11 Å². The van der Waals surface area contributed by atoms with E-state index < -0.39 is 0 Å². The van der Waals surface area contributed by atoms with Crippen LogP contribution < -0.4 is 0 Å². The lowest BCUT2D eigenvalue weighted by molar-refractivity contribution is 0.150. The third kappa shape index (κ3) is 3.63. The van der Waals surface area contributed by atoms with Crippen LogP contribution in [0.15, 0.2) is 24.6 Å². The van der Waals surface area contributed by atoms with E-state index in [1.54, 1.807) is 9.80 Å². The highest BCUT2D eigenvalue weighted by Crippen LogP contribution is 2.35. The molecule has 4 heteroatoms. The summed E-state index contributed by atoms with van der Waals surface area (Å²) in [6, 6.07) is 0.0158. The molecule has 1 fully saturated rings. The molecule has 0 unspecified atom stereocenters. The standard InChI is InChI=1S/C16H28N2O2/c1-5-10-17-13(3)15(9-7-8-12-19)14(4)18(11-6-2)16(17)20/h15,19H,3-12H2,1-2H3. The largest absolute Gasteiger partial charge is 0.396 e. The van der Waals surface area contributed by atoms with Gasteiger partial charge in [-0.2, -0.15) is 0 Å². The van der Waals surface area contributed by atoms with Gasteiger partial charge in [0.2, 0.25) is 0 Å².